The predicted octanol–water partition coefficient (Wildman–Crippen LogP) is -1.05. The summed E-state index contributed by atoms with van der Waals surface area (Å²) in [6, 6.07) is 0. The van der Waals surface area contributed by atoms with E-state index in [2.05, 4.69) is 6.58 Å². The van der Waals surface area contributed by atoms with Crippen molar-refractivity contribution in [3.63, 3.8) is 0 Å². The molecule has 4 N–H and O–H groups in total. The highest BCUT2D eigenvalue weighted by molar-refractivity contribution is 8.13. The molecule has 0 aromatic heterocycles. The second-order valence-electron chi connectivity index (χ2n) is 1.29. The summed E-state index contributed by atoms with van der Waals surface area (Å²) in [4.78, 5) is 0. The molecule has 0 fully saturated rings. The van der Waals surface area contributed by atoms with Crippen molar-refractivity contribution in [3.8, 4) is 0 Å². The van der Waals surface area contributed by atoms with Crippen molar-refractivity contribution in [1.82, 2.24) is 0 Å². The summed E-state index contributed by atoms with van der Waals surface area (Å²) in [5, 5.41) is 5.53. The molecular formula is C5H11N2OS+. The van der Waals surface area contributed by atoms with Crippen molar-refractivity contribution in [2.75, 3.05) is 12.4 Å². The fraction of sp³-hybridized carbons (Fsp3) is 0.400. The molecule has 0 radical (unpaired) electrons. The molecule has 0 bridgehead atoms. The Kier molecular flexibility index (Phi) is 5.11. The van der Waals surface area contributed by atoms with Gasteiger partial charge in [0.05, 0.1) is 12.9 Å². The Bertz CT molecular complexity index is 105. The monoisotopic (exact) mass is 147 g/mol. The minimum atomic E-state index is 0.377. The molecular weight excluding hydrogens is 136 g/mol. The Labute approximate surface area is 58.8 Å². The zero-order valence-corrected chi connectivity index (χ0v) is 5.99. The van der Waals surface area contributed by atoms with E-state index in [4.69, 9.17) is 15.9 Å². The number of nitrogens with two attached hydrogens (primary N) is 2. The molecule has 52 valence electrons. The van der Waals surface area contributed by atoms with Crippen LogP contribution in [0.1, 0.15) is 0 Å². The molecule has 0 aliphatic heterocycles. The summed E-state index contributed by atoms with van der Waals surface area (Å²) in [5.41, 5.74) is 5.15. The second kappa shape index (κ2) is 5.50. The van der Waals surface area contributed by atoms with Crippen LogP contribution in [0.15, 0.2) is 12.8 Å². The summed E-state index contributed by atoms with van der Waals surface area (Å²) < 4.78 is 4.80. The molecule has 0 rings (SSSR count). The number of amidine groups is 1. The SMILES string of the molecule is C=COCCSC(N)=[NH2+]. The second-order valence-corrected chi connectivity index (χ2v) is 2.46. The zero-order chi connectivity index (χ0) is 7.11. The molecule has 0 aliphatic rings. The maximum absolute atomic E-state index is 5.15. The number of hydrogen-bond acceptors (Lipinski definition) is 2. The van der Waals surface area contributed by atoms with Crippen LogP contribution in [0.2, 0.25) is 0 Å². The largest absolute Gasteiger partial charge is 0.501 e. The maximum atomic E-state index is 5.15. The summed E-state index contributed by atoms with van der Waals surface area (Å²) in [6.07, 6.45) is 1.40. The third kappa shape index (κ3) is 7.36. The van der Waals surface area contributed by atoms with Crippen molar-refractivity contribution in [3.05, 3.63) is 12.8 Å². The lowest BCUT2D eigenvalue weighted by Gasteiger charge is -1.94. The first-order chi connectivity index (χ1) is 4.27. The van der Waals surface area contributed by atoms with Crippen molar-refractivity contribution < 1.29 is 10.1 Å². The molecule has 0 unspecified atom stereocenters. The Morgan fingerprint density at radius 1 is 1.89 bits per heavy atom. The number of thioether (sulfide) groups is 1. The first-order valence-electron chi connectivity index (χ1n) is 2.50. The van der Waals surface area contributed by atoms with E-state index in [-0.39, 0.29) is 0 Å². The van der Waals surface area contributed by atoms with E-state index in [0.717, 1.165) is 5.75 Å². The maximum Gasteiger partial charge on any atom is 0.299 e. The summed E-state index contributed by atoms with van der Waals surface area (Å²) in [7, 11) is 0. The van der Waals surface area contributed by atoms with Crippen LogP contribution >= 0.6 is 11.8 Å². The van der Waals surface area contributed by atoms with Crippen LogP contribution in [-0.2, 0) is 4.74 Å². The fourth-order valence-electron chi connectivity index (χ4n) is 0.291. The third-order valence-corrected chi connectivity index (χ3v) is 1.29. The van der Waals surface area contributed by atoms with E-state index in [1.807, 2.05) is 0 Å². The van der Waals surface area contributed by atoms with E-state index in [0.29, 0.717) is 11.8 Å². The Hall–Kier alpha value is -0.640. The number of hydrogen-bond donors (Lipinski definition) is 2. The lowest BCUT2D eigenvalue weighted by molar-refractivity contribution is -0.110. The summed E-state index contributed by atoms with van der Waals surface area (Å²) in [5.74, 6) is 0.772. The van der Waals surface area contributed by atoms with Gasteiger partial charge in [-0.05, 0) is 11.8 Å². The van der Waals surface area contributed by atoms with E-state index in [9.17, 15) is 0 Å². The van der Waals surface area contributed by atoms with Crippen LogP contribution in [0, 0.1) is 0 Å². The van der Waals surface area contributed by atoms with E-state index in [1.54, 1.807) is 0 Å². The van der Waals surface area contributed by atoms with E-state index >= 15 is 0 Å². The smallest absolute Gasteiger partial charge is 0.299 e. The standard InChI is InChI=1S/C5H10N2OS/c1-2-8-3-4-9-5(6)7/h2H,1,3-4H2,(H3,6,7)/p+1. The van der Waals surface area contributed by atoms with Crippen molar-refractivity contribution in [1.29, 1.82) is 0 Å². The zero-order valence-electron chi connectivity index (χ0n) is 5.17. The normalized spacial score (nSPS) is 8.44. The van der Waals surface area contributed by atoms with Crippen molar-refractivity contribution >= 4 is 16.9 Å². The molecule has 0 aromatic rings. The van der Waals surface area contributed by atoms with Crippen LogP contribution in [0.3, 0.4) is 0 Å². The van der Waals surface area contributed by atoms with Gasteiger partial charge < -0.3 is 4.74 Å². The van der Waals surface area contributed by atoms with Gasteiger partial charge in [-0.2, -0.15) is 0 Å². The van der Waals surface area contributed by atoms with Gasteiger partial charge in [0.25, 0.3) is 5.17 Å². The van der Waals surface area contributed by atoms with Gasteiger partial charge in [0.1, 0.15) is 0 Å². The Balaban J connectivity index is 2.91. The molecule has 3 nitrogen and oxygen atoms in total. The van der Waals surface area contributed by atoms with Gasteiger partial charge in [0.2, 0.25) is 0 Å². The van der Waals surface area contributed by atoms with Gasteiger partial charge in [0, 0.05) is 5.75 Å². The van der Waals surface area contributed by atoms with Crippen molar-refractivity contribution in [2.45, 2.75) is 0 Å². The Morgan fingerprint density at radius 3 is 3.00 bits per heavy atom. The quantitative estimate of drug-likeness (QED) is 0.231. The average molecular weight is 147 g/mol. The average Bonchev–Trinajstić information content (AvgIpc) is 1.80. The van der Waals surface area contributed by atoms with Crippen LogP contribution < -0.4 is 11.1 Å². The van der Waals surface area contributed by atoms with Gasteiger partial charge in [0.15, 0.2) is 0 Å². The molecule has 0 saturated carbocycles. The number of rotatable bonds is 4. The summed E-state index contributed by atoms with van der Waals surface area (Å²) in [6.45, 7) is 3.98. The molecule has 0 spiro atoms. The minimum absolute atomic E-state index is 0.377. The van der Waals surface area contributed by atoms with Gasteiger partial charge in [-0.25, -0.2) is 0 Å². The predicted molar refractivity (Wildman–Crippen MR) is 39.7 cm³/mol. The van der Waals surface area contributed by atoms with Crippen LogP contribution in [0.5, 0.6) is 0 Å². The first-order valence-corrected chi connectivity index (χ1v) is 3.49. The van der Waals surface area contributed by atoms with Gasteiger partial charge in [-0.3, -0.25) is 11.1 Å². The molecule has 0 atom stereocenters. The molecule has 0 aromatic carbocycles. The molecule has 0 aliphatic carbocycles. The highest BCUT2D eigenvalue weighted by atomic mass is 32.2. The van der Waals surface area contributed by atoms with Crippen LogP contribution in [0.25, 0.3) is 0 Å². The molecule has 0 heterocycles. The molecule has 0 amide bonds. The highest BCUT2D eigenvalue weighted by Gasteiger charge is 1.93. The van der Waals surface area contributed by atoms with Crippen LogP contribution in [-0.4, -0.2) is 17.5 Å². The van der Waals surface area contributed by atoms with E-state index < -0.39 is 0 Å². The van der Waals surface area contributed by atoms with Crippen LogP contribution in [0.4, 0.5) is 0 Å². The lowest BCUT2D eigenvalue weighted by Crippen LogP contribution is -2.43. The molecule has 9 heavy (non-hydrogen) atoms. The first kappa shape index (κ1) is 8.36. The molecule has 0 saturated heterocycles. The molecule has 4 heteroatoms. The van der Waals surface area contributed by atoms with Gasteiger partial charge >= 0.3 is 0 Å². The number of ether oxygens (including phenoxy) is 1. The highest BCUT2D eigenvalue weighted by Crippen LogP contribution is 1.93. The minimum Gasteiger partial charge on any atom is -0.501 e. The Morgan fingerprint density at radius 2 is 2.56 bits per heavy atom. The third-order valence-electron chi connectivity index (χ3n) is 0.588. The summed E-state index contributed by atoms with van der Waals surface area (Å²) >= 11 is 1.37. The van der Waals surface area contributed by atoms with Crippen molar-refractivity contribution in [2.24, 2.45) is 5.73 Å². The lowest BCUT2D eigenvalue weighted by atomic mass is 10.8. The van der Waals surface area contributed by atoms with Gasteiger partial charge in [-0.1, -0.05) is 6.58 Å². The van der Waals surface area contributed by atoms with Gasteiger partial charge in [-0.15, -0.1) is 0 Å². The fourth-order valence-corrected chi connectivity index (χ4v) is 0.706. The van der Waals surface area contributed by atoms with E-state index in [1.165, 1.54) is 18.0 Å². The topological polar surface area (TPSA) is 60.8 Å².